The van der Waals surface area contributed by atoms with E-state index >= 15 is 0 Å². The summed E-state index contributed by atoms with van der Waals surface area (Å²) in [5, 5.41) is 11.2. The zero-order valence-electron chi connectivity index (χ0n) is 13.6. The molecule has 4 amide bonds. The van der Waals surface area contributed by atoms with E-state index in [9.17, 15) is 24.0 Å². The van der Waals surface area contributed by atoms with Gasteiger partial charge in [0, 0.05) is 13.0 Å². The standard InChI is InChI=1S/C14H23N5O6/c15-7(3-4-10(16)20)13(23)19-5-1-2-9(19)12(22)18-8(14(24)25)6-11(17)21/h7-9H,1-6,15H2,(H2,16,20)(H2,17,21)(H,18,22)(H,24,25)/t7-,8-,9-/m0/s1. The molecule has 8 N–H and O–H groups in total. The molecule has 0 aliphatic carbocycles. The third-order valence-electron chi connectivity index (χ3n) is 3.88. The second-order valence-electron chi connectivity index (χ2n) is 5.87. The zero-order chi connectivity index (χ0) is 19.1. The van der Waals surface area contributed by atoms with Crippen LogP contribution in [0.1, 0.15) is 32.1 Å². The van der Waals surface area contributed by atoms with E-state index in [-0.39, 0.29) is 19.4 Å². The summed E-state index contributed by atoms with van der Waals surface area (Å²) >= 11 is 0. The second kappa shape index (κ2) is 8.97. The fourth-order valence-corrected chi connectivity index (χ4v) is 2.61. The van der Waals surface area contributed by atoms with Crippen LogP contribution in [0.25, 0.3) is 0 Å². The van der Waals surface area contributed by atoms with Crippen molar-refractivity contribution in [2.45, 2.75) is 50.2 Å². The van der Waals surface area contributed by atoms with Crippen LogP contribution in [0.2, 0.25) is 0 Å². The van der Waals surface area contributed by atoms with Crippen LogP contribution < -0.4 is 22.5 Å². The summed E-state index contributed by atoms with van der Waals surface area (Å²) in [6.07, 6.45) is 0.318. The first-order valence-corrected chi connectivity index (χ1v) is 7.79. The Balaban J connectivity index is 2.73. The molecule has 0 saturated carbocycles. The van der Waals surface area contributed by atoms with Crippen LogP contribution in [0.3, 0.4) is 0 Å². The Labute approximate surface area is 143 Å². The predicted molar refractivity (Wildman–Crippen MR) is 84.5 cm³/mol. The van der Waals surface area contributed by atoms with Crippen LogP contribution in [0, 0.1) is 0 Å². The maximum Gasteiger partial charge on any atom is 0.326 e. The van der Waals surface area contributed by atoms with Gasteiger partial charge in [-0.05, 0) is 19.3 Å². The van der Waals surface area contributed by atoms with Crippen molar-refractivity contribution in [2.75, 3.05) is 6.54 Å². The number of primary amides is 2. The largest absolute Gasteiger partial charge is 0.480 e. The molecule has 0 aromatic carbocycles. The fraction of sp³-hybridized carbons (Fsp3) is 0.643. The minimum Gasteiger partial charge on any atom is -0.480 e. The highest BCUT2D eigenvalue weighted by atomic mass is 16.4. The molecule has 1 saturated heterocycles. The van der Waals surface area contributed by atoms with Gasteiger partial charge in [0.25, 0.3) is 0 Å². The van der Waals surface area contributed by atoms with Crippen LogP contribution in [-0.2, 0) is 24.0 Å². The number of carboxylic acids is 1. The number of hydrogen-bond acceptors (Lipinski definition) is 6. The van der Waals surface area contributed by atoms with Gasteiger partial charge < -0.3 is 32.5 Å². The van der Waals surface area contributed by atoms with Crippen LogP contribution >= 0.6 is 0 Å². The molecule has 0 radical (unpaired) electrons. The summed E-state index contributed by atoms with van der Waals surface area (Å²) < 4.78 is 0. The molecule has 0 bridgehead atoms. The van der Waals surface area contributed by atoms with Gasteiger partial charge in [-0.3, -0.25) is 19.2 Å². The molecule has 0 unspecified atom stereocenters. The summed E-state index contributed by atoms with van der Waals surface area (Å²) in [5.41, 5.74) is 15.7. The van der Waals surface area contributed by atoms with E-state index in [2.05, 4.69) is 5.32 Å². The second-order valence-corrected chi connectivity index (χ2v) is 5.87. The lowest BCUT2D eigenvalue weighted by Gasteiger charge is -2.27. The molecule has 1 aliphatic rings. The van der Waals surface area contributed by atoms with E-state index in [1.165, 1.54) is 4.90 Å². The molecule has 11 nitrogen and oxygen atoms in total. The first-order chi connectivity index (χ1) is 11.6. The van der Waals surface area contributed by atoms with Crippen LogP contribution in [0.15, 0.2) is 0 Å². The minimum absolute atomic E-state index is 0.0540. The van der Waals surface area contributed by atoms with Crippen molar-refractivity contribution < 1.29 is 29.1 Å². The molecule has 1 heterocycles. The highest BCUT2D eigenvalue weighted by Crippen LogP contribution is 2.19. The van der Waals surface area contributed by atoms with Crippen molar-refractivity contribution in [1.82, 2.24) is 10.2 Å². The van der Waals surface area contributed by atoms with E-state index in [1.807, 2.05) is 0 Å². The average Bonchev–Trinajstić information content (AvgIpc) is 3.00. The summed E-state index contributed by atoms with van der Waals surface area (Å²) in [4.78, 5) is 58.7. The third-order valence-corrected chi connectivity index (χ3v) is 3.88. The number of nitrogens with two attached hydrogens (primary N) is 3. The molecule has 11 heteroatoms. The third kappa shape index (κ3) is 6.03. The topological polar surface area (TPSA) is 199 Å². The molecular formula is C14H23N5O6. The number of amides is 4. The van der Waals surface area contributed by atoms with E-state index < -0.39 is 54.1 Å². The number of nitrogens with zero attached hydrogens (tertiary/aromatic N) is 1. The maximum atomic E-state index is 12.3. The normalized spacial score (nSPS) is 19.1. The maximum absolute atomic E-state index is 12.3. The summed E-state index contributed by atoms with van der Waals surface area (Å²) in [6.45, 7) is 0.286. The Morgan fingerprint density at radius 1 is 1.16 bits per heavy atom. The average molecular weight is 357 g/mol. The number of rotatable bonds is 9. The van der Waals surface area contributed by atoms with Crippen molar-refractivity contribution in [3.8, 4) is 0 Å². The van der Waals surface area contributed by atoms with Crippen molar-refractivity contribution in [3.63, 3.8) is 0 Å². The predicted octanol–water partition coefficient (Wildman–Crippen LogP) is -2.98. The molecule has 0 aromatic rings. The first-order valence-electron chi connectivity index (χ1n) is 7.79. The van der Waals surface area contributed by atoms with Gasteiger partial charge in [0.2, 0.25) is 23.6 Å². The molecule has 0 spiro atoms. The molecule has 1 rings (SSSR count). The SMILES string of the molecule is NC(=O)CC[C@H](N)C(=O)N1CCC[C@H]1C(=O)N[C@@H](CC(N)=O)C(=O)O. The van der Waals surface area contributed by atoms with Gasteiger partial charge >= 0.3 is 5.97 Å². The van der Waals surface area contributed by atoms with Gasteiger partial charge in [0.15, 0.2) is 0 Å². The number of nitrogens with one attached hydrogen (secondary N) is 1. The lowest BCUT2D eigenvalue weighted by Crippen LogP contribution is -2.54. The summed E-state index contributed by atoms with van der Waals surface area (Å²) in [6, 6.07) is -3.34. The van der Waals surface area contributed by atoms with Gasteiger partial charge in [0.1, 0.15) is 12.1 Å². The molecule has 3 atom stereocenters. The van der Waals surface area contributed by atoms with E-state index in [1.54, 1.807) is 0 Å². The lowest BCUT2D eigenvalue weighted by atomic mass is 10.1. The Morgan fingerprint density at radius 3 is 2.32 bits per heavy atom. The number of aliphatic carboxylic acids is 1. The molecule has 25 heavy (non-hydrogen) atoms. The fourth-order valence-electron chi connectivity index (χ4n) is 2.61. The zero-order valence-corrected chi connectivity index (χ0v) is 13.6. The van der Waals surface area contributed by atoms with Gasteiger partial charge in [-0.25, -0.2) is 4.79 Å². The molecule has 1 aliphatic heterocycles. The van der Waals surface area contributed by atoms with Crippen molar-refractivity contribution >= 4 is 29.6 Å². The summed E-state index contributed by atoms with van der Waals surface area (Å²) in [7, 11) is 0. The van der Waals surface area contributed by atoms with Crippen molar-refractivity contribution in [1.29, 1.82) is 0 Å². The first kappa shape index (κ1) is 20.4. The number of likely N-dealkylation sites (tertiary alicyclic amines) is 1. The molecule has 1 fully saturated rings. The number of carbonyl (C=O) groups is 5. The molecule has 0 aromatic heterocycles. The monoisotopic (exact) mass is 357 g/mol. The Kier molecular flexibility index (Phi) is 7.30. The number of carboxylic acid groups (broad SMARTS) is 1. The minimum atomic E-state index is -1.47. The van der Waals surface area contributed by atoms with E-state index in [0.29, 0.717) is 12.8 Å². The quantitative estimate of drug-likeness (QED) is 0.289. The van der Waals surface area contributed by atoms with E-state index in [4.69, 9.17) is 22.3 Å². The van der Waals surface area contributed by atoms with Crippen molar-refractivity contribution in [3.05, 3.63) is 0 Å². The Morgan fingerprint density at radius 2 is 1.80 bits per heavy atom. The molecular weight excluding hydrogens is 334 g/mol. The summed E-state index contributed by atoms with van der Waals surface area (Å²) in [5.74, 6) is -4.07. The van der Waals surface area contributed by atoms with E-state index in [0.717, 1.165) is 0 Å². The van der Waals surface area contributed by atoms with Crippen LogP contribution in [-0.4, -0.2) is 64.3 Å². The van der Waals surface area contributed by atoms with Gasteiger partial charge in [-0.2, -0.15) is 0 Å². The Bertz CT molecular complexity index is 566. The van der Waals surface area contributed by atoms with Gasteiger partial charge in [-0.15, -0.1) is 0 Å². The highest BCUT2D eigenvalue weighted by Gasteiger charge is 2.37. The van der Waals surface area contributed by atoms with Crippen molar-refractivity contribution in [2.24, 2.45) is 17.2 Å². The number of hydrogen-bond donors (Lipinski definition) is 5. The smallest absolute Gasteiger partial charge is 0.326 e. The number of carbonyl (C=O) groups excluding carboxylic acids is 4. The van der Waals surface area contributed by atoms with Gasteiger partial charge in [-0.1, -0.05) is 0 Å². The van der Waals surface area contributed by atoms with Crippen LogP contribution in [0.5, 0.6) is 0 Å². The Hall–Kier alpha value is -2.69. The van der Waals surface area contributed by atoms with Crippen LogP contribution in [0.4, 0.5) is 0 Å². The molecule has 140 valence electrons. The lowest BCUT2D eigenvalue weighted by molar-refractivity contribution is -0.145. The highest BCUT2D eigenvalue weighted by molar-refractivity contribution is 5.93. The van der Waals surface area contributed by atoms with Gasteiger partial charge in [0.05, 0.1) is 12.5 Å².